The normalized spacial score (nSPS) is 10.6. The van der Waals surface area contributed by atoms with Crippen molar-refractivity contribution >= 4 is 5.88 Å². The second kappa shape index (κ2) is 4.53. The van der Waals surface area contributed by atoms with E-state index in [-0.39, 0.29) is 5.88 Å². The molecule has 0 saturated carbocycles. The third-order valence-corrected chi connectivity index (χ3v) is 2.85. The number of nitrogen functional groups attached to an aromatic ring is 1. The molecular weight excluding hydrogens is 244 g/mol. The van der Waals surface area contributed by atoms with Gasteiger partial charge in [0.15, 0.2) is 11.5 Å². The SMILES string of the molecule is COc1ccc(-c2c(-c3ccco3)noc2N)cc1. The maximum absolute atomic E-state index is 5.85. The molecule has 0 aliphatic heterocycles. The van der Waals surface area contributed by atoms with Gasteiger partial charge in [0.05, 0.1) is 18.9 Å². The predicted molar refractivity (Wildman–Crippen MR) is 70.6 cm³/mol. The van der Waals surface area contributed by atoms with Crippen LogP contribution in [0.4, 0.5) is 5.88 Å². The van der Waals surface area contributed by atoms with Gasteiger partial charge in [0, 0.05) is 0 Å². The van der Waals surface area contributed by atoms with Gasteiger partial charge >= 0.3 is 0 Å². The molecule has 0 fully saturated rings. The zero-order valence-electron chi connectivity index (χ0n) is 10.3. The average molecular weight is 256 g/mol. The Morgan fingerprint density at radius 3 is 2.58 bits per heavy atom. The largest absolute Gasteiger partial charge is 0.497 e. The molecular formula is C14H12N2O3. The van der Waals surface area contributed by atoms with Crippen molar-refractivity contribution in [3.8, 4) is 28.3 Å². The maximum atomic E-state index is 5.85. The van der Waals surface area contributed by atoms with E-state index in [2.05, 4.69) is 5.16 Å². The first-order chi connectivity index (χ1) is 9.29. The van der Waals surface area contributed by atoms with E-state index < -0.39 is 0 Å². The molecule has 0 saturated heterocycles. The van der Waals surface area contributed by atoms with Crippen LogP contribution >= 0.6 is 0 Å². The van der Waals surface area contributed by atoms with E-state index in [1.807, 2.05) is 30.3 Å². The molecule has 3 aromatic rings. The summed E-state index contributed by atoms with van der Waals surface area (Å²) in [5, 5.41) is 3.95. The number of furan rings is 1. The van der Waals surface area contributed by atoms with Crippen molar-refractivity contribution < 1.29 is 13.7 Å². The standard InChI is InChI=1S/C14H12N2O3/c1-17-10-6-4-9(5-7-10)12-13(16-19-14(12)15)11-3-2-8-18-11/h2-8H,15H2,1H3. The molecule has 5 heteroatoms. The Kier molecular flexibility index (Phi) is 2.72. The fourth-order valence-corrected chi connectivity index (χ4v) is 1.92. The van der Waals surface area contributed by atoms with Crippen LogP contribution in [0.2, 0.25) is 0 Å². The van der Waals surface area contributed by atoms with Crippen LogP contribution in [-0.4, -0.2) is 12.3 Å². The molecule has 5 nitrogen and oxygen atoms in total. The van der Waals surface area contributed by atoms with Crippen LogP contribution in [0.1, 0.15) is 0 Å². The minimum atomic E-state index is 0.261. The summed E-state index contributed by atoms with van der Waals surface area (Å²) >= 11 is 0. The van der Waals surface area contributed by atoms with Crippen LogP contribution in [0.5, 0.6) is 5.75 Å². The van der Waals surface area contributed by atoms with Crippen molar-refractivity contribution in [3.05, 3.63) is 42.7 Å². The minimum absolute atomic E-state index is 0.261. The fourth-order valence-electron chi connectivity index (χ4n) is 1.92. The molecule has 0 spiro atoms. The maximum Gasteiger partial charge on any atom is 0.230 e. The van der Waals surface area contributed by atoms with Gasteiger partial charge in [-0.2, -0.15) is 0 Å². The van der Waals surface area contributed by atoms with Gasteiger partial charge in [-0.15, -0.1) is 0 Å². The van der Waals surface area contributed by atoms with E-state index in [9.17, 15) is 0 Å². The summed E-state index contributed by atoms with van der Waals surface area (Å²) in [6.07, 6.45) is 1.58. The molecule has 3 rings (SSSR count). The Bertz CT molecular complexity index is 669. The molecule has 2 N–H and O–H groups in total. The van der Waals surface area contributed by atoms with Crippen LogP contribution in [0.25, 0.3) is 22.6 Å². The van der Waals surface area contributed by atoms with E-state index in [1.165, 1.54) is 0 Å². The van der Waals surface area contributed by atoms with Crippen molar-refractivity contribution in [2.75, 3.05) is 12.8 Å². The van der Waals surface area contributed by atoms with Gasteiger partial charge in [0.2, 0.25) is 5.88 Å². The first-order valence-corrected chi connectivity index (χ1v) is 5.73. The topological polar surface area (TPSA) is 74.4 Å². The Balaban J connectivity index is 2.11. The first-order valence-electron chi connectivity index (χ1n) is 5.73. The smallest absolute Gasteiger partial charge is 0.230 e. The number of nitrogens with two attached hydrogens (primary N) is 1. The molecule has 2 heterocycles. The quantitative estimate of drug-likeness (QED) is 0.778. The van der Waals surface area contributed by atoms with E-state index in [0.717, 1.165) is 16.9 Å². The molecule has 96 valence electrons. The van der Waals surface area contributed by atoms with Gasteiger partial charge in [0.25, 0.3) is 0 Å². The van der Waals surface area contributed by atoms with Crippen molar-refractivity contribution in [3.63, 3.8) is 0 Å². The minimum Gasteiger partial charge on any atom is -0.497 e. The number of nitrogens with zero attached hydrogens (tertiary/aromatic N) is 1. The highest BCUT2D eigenvalue weighted by atomic mass is 16.5. The second-order valence-corrected chi connectivity index (χ2v) is 3.98. The number of methoxy groups -OCH3 is 1. The molecule has 0 aliphatic carbocycles. The number of aromatic nitrogens is 1. The number of ether oxygens (including phenoxy) is 1. The molecule has 0 radical (unpaired) electrons. The zero-order chi connectivity index (χ0) is 13.2. The summed E-state index contributed by atoms with van der Waals surface area (Å²) in [6, 6.07) is 11.1. The van der Waals surface area contributed by atoms with Gasteiger partial charge in [-0.05, 0) is 29.8 Å². The Labute approximate surface area is 109 Å². The van der Waals surface area contributed by atoms with E-state index in [0.29, 0.717) is 11.5 Å². The molecule has 2 aromatic heterocycles. The number of anilines is 1. The molecule has 0 atom stereocenters. The molecule has 0 aliphatic rings. The third kappa shape index (κ3) is 1.95. The van der Waals surface area contributed by atoms with E-state index in [1.54, 1.807) is 19.4 Å². The molecule has 0 unspecified atom stereocenters. The van der Waals surface area contributed by atoms with E-state index in [4.69, 9.17) is 19.4 Å². The summed E-state index contributed by atoms with van der Waals surface area (Å²) in [5.74, 6) is 1.65. The second-order valence-electron chi connectivity index (χ2n) is 3.98. The molecule has 0 bridgehead atoms. The zero-order valence-corrected chi connectivity index (χ0v) is 10.3. The predicted octanol–water partition coefficient (Wildman–Crippen LogP) is 3.19. The van der Waals surface area contributed by atoms with E-state index >= 15 is 0 Å². The van der Waals surface area contributed by atoms with Crippen molar-refractivity contribution in [2.24, 2.45) is 0 Å². The summed E-state index contributed by atoms with van der Waals surface area (Å²) in [7, 11) is 1.62. The average Bonchev–Trinajstić information content (AvgIpc) is 3.08. The number of rotatable bonds is 3. The highest BCUT2D eigenvalue weighted by Crippen LogP contribution is 2.36. The highest BCUT2D eigenvalue weighted by molar-refractivity contribution is 5.85. The van der Waals surface area contributed by atoms with Crippen molar-refractivity contribution in [2.45, 2.75) is 0 Å². The lowest BCUT2D eigenvalue weighted by atomic mass is 10.0. The third-order valence-electron chi connectivity index (χ3n) is 2.85. The van der Waals surface area contributed by atoms with Crippen LogP contribution < -0.4 is 10.5 Å². The Morgan fingerprint density at radius 1 is 1.16 bits per heavy atom. The van der Waals surface area contributed by atoms with Gasteiger partial charge in [-0.25, -0.2) is 0 Å². The molecule has 19 heavy (non-hydrogen) atoms. The Hall–Kier alpha value is -2.69. The number of benzene rings is 1. The van der Waals surface area contributed by atoms with Crippen molar-refractivity contribution in [1.29, 1.82) is 0 Å². The first kappa shape index (κ1) is 11.4. The van der Waals surface area contributed by atoms with Crippen LogP contribution in [0, 0.1) is 0 Å². The van der Waals surface area contributed by atoms with Gasteiger partial charge < -0.3 is 19.4 Å². The molecule has 0 amide bonds. The summed E-state index contributed by atoms with van der Waals surface area (Å²) in [4.78, 5) is 0. The summed E-state index contributed by atoms with van der Waals surface area (Å²) in [6.45, 7) is 0. The lowest BCUT2D eigenvalue weighted by Gasteiger charge is -2.03. The van der Waals surface area contributed by atoms with Gasteiger partial charge in [-0.3, -0.25) is 0 Å². The summed E-state index contributed by atoms with van der Waals surface area (Å²) < 4.78 is 15.5. The fraction of sp³-hybridized carbons (Fsp3) is 0.0714. The van der Waals surface area contributed by atoms with Crippen LogP contribution in [-0.2, 0) is 0 Å². The Morgan fingerprint density at radius 2 is 1.95 bits per heavy atom. The van der Waals surface area contributed by atoms with Gasteiger partial charge in [0.1, 0.15) is 5.75 Å². The summed E-state index contributed by atoms with van der Waals surface area (Å²) in [5.41, 5.74) is 8.05. The number of hydrogen-bond acceptors (Lipinski definition) is 5. The van der Waals surface area contributed by atoms with Crippen LogP contribution in [0.15, 0.2) is 51.6 Å². The number of hydrogen-bond donors (Lipinski definition) is 1. The van der Waals surface area contributed by atoms with Gasteiger partial charge in [-0.1, -0.05) is 17.3 Å². The highest BCUT2D eigenvalue weighted by Gasteiger charge is 2.19. The molecule has 1 aromatic carbocycles. The monoisotopic (exact) mass is 256 g/mol. The lowest BCUT2D eigenvalue weighted by molar-refractivity contribution is 0.415. The lowest BCUT2D eigenvalue weighted by Crippen LogP contribution is -1.88. The van der Waals surface area contributed by atoms with Crippen molar-refractivity contribution in [1.82, 2.24) is 5.16 Å². The van der Waals surface area contributed by atoms with Crippen LogP contribution in [0.3, 0.4) is 0 Å².